The van der Waals surface area contributed by atoms with Crippen LogP contribution < -0.4 is 5.32 Å². The molecule has 0 radical (unpaired) electrons. The Morgan fingerprint density at radius 1 is 1.44 bits per heavy atom. The molecular formula is C15H26N2O. The van der Waals surface area contributed by atoms with Crippen molar-refractivity contribution in [2.75, 3.05) is 6.54 Å². The molecule has 2 rings (SSSR count). The minimum Gasteiger partial charge on any atom is -0.463 e. The van der Waals surface area contributed by atoms with Crippen LogP contribution in [0.3, 0.4) is 0 Å². The molecule has 0 aliphatic heterocycles. The first kappa shape index (κ1) is 13.6. The van der Waals surface area contributed by atoms with E-state index in [2.05, 4.69) is 44.0 Å². The first-order chi connectivity index (χ1) is 8.60. The van der Waals surface area contributed by atoms with Gasteiger partial charge in [0, 0.05) is 12.1 Å². The molecule has 3 nitrogen and oxygen atoms in total. The molecule has 0 saturated heterocycles. The molecule has 1 aliphatic carbocycles. The van der Waals surface area contributed by atoms with E-state index in [1.165, 1.54) is 18.4 Å². The molecule has 1 saturated carbocycles. The molecule has 0 spiro atoms. The van der Waals surface area contributed by atoms with E-state index in [9.17, 15) is 0 Å². The van der Waals surface area contributed by atoms with Crippen molar-refractivity contribution in [1.29, 1.82) is 0 Å². The highest BCUT2D eigenvalue weighted by molar-refractivity contribution is 5.20. The lowest BCUT2D eigenvalue weighted by Crippen LogP contribution is -2.29. The third kappa shape index (κ3) is 3.59. The Morgan fingerprint density at radius 2 is 2.17 bits per heavy atom. The highest BCUT2D eigenvalue weighted by Gasteiger charge is 2.21. The summed E-state index contributed by atoms with van der Waals surface area (Å²) in [5.74, 6) is 2.20. The Balaban J connectivity index is 1.93. The van der Waals surface area contributed by atoms with Crippen molar-refractivity contribution in [3.63, 3.8) is 0 Å². The fraction of sp³-hybridized carbons (Fsp3) is 0.733. The van der Waals surface area contributed by atoms with Crippen LogP contribution in [0.1, 0.15) is 50.7 Å². The average molecular weight is 250 g/mol. The summed E-state index contributed by atoms with van der Waals surface area (Å²) < 4.78 is 5.97. The van der Waals surface area contributed by atoms with E-state index in [0.717, 1.165) is 37.2 Å². The van der Waals surface area contributed by atoms with Gasteiger partial charge in [-0.1, -0.05) is 6.92 Å². The number of hydrogen-bond acceptors (Lipinski definition) is 3. The Morgan fingerprint density at radius 3 is 2.72 bits per heavy atom. The van der Waals surface area contributed by atoms with Gasteiger partial charge in [-0.25, -0.2) is 0 Å². The molecule has 0 aromatic carbocycles. The number of aryl methyl sites for hydroxylation is 1. The van der Waals surface area contributed by atoms with Gasteiger partial charge in [0.2, 0.25) is 0 Å². The number of furan rings is 1. The summed E-state index contributed by atoms with van der Waals surface area (Å²) in [6.07, 6.45) is 2.65. The monoisotopic (exact) mass is 250 g/mol. The SMILES string of the molecule is CCN(Cc1cc(C)c(CNC2CC2)o1)C(C)C. The van der Waals surface area contributed by atoms with E-state index in [1.807, 2.05) is 0 Å². The molecule has 1 N–H and O–H groups in total. The summed E-state index contributed by atoms with van der Waals surface area (Å²) in [6, 6.07) is 3.49. The lowest BCUT2D eigenvalue weighted by atomic mass is 10.2. The van der Waals surface area contributed by atoms with Gasteiger partial charge in [0.15, 0.2) is 0 Å². The number of nitrogens with zero attached hydrogens (tertiary/aromatic N) is 1. The van der Waals surface area contributed by atoms with Crippen LogP contribution in [0.25, 0.3) is 0 Å². The molecule has 102 valence electrons. The van der Waals surface area contributed by atoms with Gasteiger partial charge in [-0.15, -0.1) is 0 Å². The van der Waals surface area contributed by atoms with Gasteiger partial charge in [0.05, 0.1) is 13.1 Å². The Kier molecular flexibility index (Phi) is 4.46. The van der Waals surface area contributed by atoms with Crippen molar-refractivity contribution >= 4 is 0 Å². The number of hydrogen-bond donors (Lipinski definition) is 1. The van der Waals surface area contributed by atoms with Crippen LogP contribution in [0.15, 0.2) is 10.5 Å². The van der Waals surface area contributed by atoms with Gasteiger partial charge in [0.25, 0.3) is 0 Å². The molecule has 0 amide bonds. The predicted octanol–water partition coefficient (Wildman–Crippen LogP) is 3.07. The van der Waals surface area contributed by atoms with Crippen molar-refractivity contribution in [3.8, 4) is 0 Å². The molecule has 1 fully saturated rings. The van der Waals surface area contributed by atoms with Crippen molar-refractivity contribution in [3.05, 3.63) is 23.2 Å². The molecule has 1 aromatic heterocycles. The van der Waals surface area contributed by atoms with E-state index in [0.29, 0.717) is 6.04 Å². The highest BCUT2D eigenvalue weighted by atomic mass is 16.3. The second-order valence-electron chi connectivity index (χ2n) is 5.63. The van der Waals surface area contributed by atoms with E-state index in [-0.39, 0.29) is 0 Å². The maximum Gasteiger partial charge on any atom is 0.120 e. The molecule has 1 heterocycles. The summed E-state index contributed by atoms with van der Waals surface area (Å²) in [5, 5.41) is 3.51. The van der Waals surface area contributed by atoms with Crippen molar-refractivity contribution in [1.82, 2.24) is 10.2 Å². The Hall–Kier alpha value is -0.800. The molecule has 0 unspecified atom stereocenters. The standard InChI is InChI=1S/C15H26N2O/c1-5-17(11(2)3)10-14-8-12(4)15(18-14)9-16-13-6-7-13/h8,11,13,16H,5-7,9-10H2,1-4H3. The lowest BCUT2D eigenvalue weighted by Gasteiger charge is -2.23. The maximum atomic E-state index is 5.97. The largest absolute Gasteiger partial charge is 0.463 e. The third-order valence-electron chi connectivity index (χ3n) is 3.70. The minimum atomic E-state index is 0.563. The summed E-state index contributed by atoms with van der Waals surface area (Å²) in [6.45, 7) is 11.7. The predicted molar refractivity (Wildman–Crippen MR) is 74.5 cm³/mol. The molecule has 1 aromatic rings. The highest BCUT2D eigenvalue weighted by Crippen LogP contribution is 2.21. The van der Waals surface area contributed by atoms with Crippen LogP contribution in [0.4, 0.5) is 0 Å². The zero-order valence-electron chi connectivity index (χ0n) is 12.1. The van der Waals surface area contributed by atoms with Crippen LogP contribution in [-0.2, 0) is 13.1 Å². The molecule has 1 aliphatic rings. The fourth-order valence-electron chi connectivity index (χ4n) is 2.23. The van der Waals surface area contributed by atoms with E-state index in [1.54, 1.807) is 0 Å². The topological polar surface area (TPSA) is 28.4 Å². The van der Waals surface area contributed by atoms with Gasteiger partial charge in [-0.05, 0) is 51.8 Å². The molecule has 0 atom stereocenters. The molecule has 18 heavy (non-hydrogen) atoms. The summed E-state index contributed by atoms with van der Waals surface area (Å²) in [5.41, 5.74) is 1.28. The fourth-order valence-corrected chi connectivity index (χ4v) is 2.23. The van der Waals surface area contributed by atoms with Gasteiger partial charge in [-0.3, -0.25) is 4.90 Å². The van der Waals surface area contributed by atoms with Crippen molar-refractivity contribution < 1.29 is 4.42 Å². The van der Waals surface area contributed by atoms with E-state index in [4.69, 9.17) is 4.42 Å². The van der Waals surface area contributed by atoms with Crippen LogP contribution in [-0.4, -0.2) is 23.5 Å². The van der Waals surface area contributed by atoms with Gasteiger partial charge < -0.3 is 9.73 Å². The van der Waals surface area contributed by atoms with E-state index < -0.39 is 0 Å². The van der Waals surface area contributed by atoms with E-state index >= 15 is 0 Å². The zero-order valence-corrected chi connectivity index (χ0v) is 12.1. The van der Waals surface area contributed by atoms with Crippen molar-refractivity contribution in [2.24, 2.45) is 0 Å². The first-order valence-corrected chi connectivity index (χ1v) is 7.15. The zero-order chi connectivity index (χ0) is 13.1. The maximum absolute atomic E-state index is 5.97. The average Bonchev–Trinajstić information content (AvgIpc) is 3.08. The quantitative estimate of drug-likeness (QED) is 0.806. The molecule has 3 heteroatoms. The van der Waals surface area contributed by atoms with Crippen molar-refractivity contribution in [2.45, 2.75) is 65.7 Å². The normalized spacial score (nSPS) is 15.9. The third-order valence-corrected chi connectivity index (χ3v) is 3.70. The van der Waals surface area contributed by atoms with Crippen LogP contribution in [0, 0.1) is 6.92 Å². The summed E-state index contributed by atoms with van der Waals surface area (Å²) in [7, 11) is 0. The Bertz CT molecular complexity index is 380. The lowest BCUT2D eigenvalue weighted by molar-refractivity contribution is 0.205. The van der Waals surface area contributed by atoms with Crippen LogP contribution >= 0.6 is 0 Å². The van der Waals surface area contributed by atoms with Gasteiger partial charge in [0.1, 0.15) is 11.5 Å². The van der Waals surface area contributed by atoms with Crippen LogP contribution in [0.5, 0.6) is 0 Å². The van der Waals surface area contributed by atoms with Gasteiger partial charge >= 0.3 is 0 Å². The van der Waals surface area contributed by atoms with Crippen LogP contribution in [0.2, 0.25) is 0 Å². The van der Waals surface area contributed by atoms with Gasteiger partial charge in [-0.2, -0.15) is 0 Å². The second-order valence-corrected chi connectivity index (χ2v) is 5.63. The smallest absolute Gasteiger partial charge is 0.120 e. The second kappa shape index (κ2) is 5.89. The summed E-state index contributed by atoms with van der Waals surface area (Å²) >= 11 is 0. The Labute approximate surface area is 111 Å². The molecule has 0 bridgehead atoms. The number of rotatable bonds is 7. The minimum absolute atomic E-state index is 0.563. The molecular weight excluding hydrogens is 224 g/mol. The first-order valence-electron chi connectivity index (χ1n) is 7.15. The number of nitrogens with one attached hydrogen (secondary N) is 1. The summed E-state index contributed by atoms with van der Waals surface area (Å²) in [4.78, 5) is 2.41.